The molecule has 5 heteroatoms. The first-order chi connectivity index (χ1) is 9.60. The van der Waals surface area contributed by atoms with Crippen molar-refractivity contribution in [3.8, 4) is 5.75 Å². The zero-order valence-corrected chi connectivity index (χ0v) is 11.6. The smallest absolute Gasteiger partial charge is 0.251 e. The van der Waals surface area contributed by atoms with Crippen molar-refractivity contribution in [1.29, 1.82) is 0 Å². The summed E-state index contributed by atoms with van der Waals surface area (Å²) in [5.41, 5.74) is 1.07. The number of halogens is 2. The number of amides is 1. The third-order valence-corrected chi connectivity index (χ3v) is 3.04. The van der Waals surface area contributed by atoms with Gasteiger partial charge in [-0.2, -0.15) is 0 Å². The number of carbonyl (C=O) groups excluding carboxylic acids is 1. The van der Waals surface area contributed by atoms with Crippen LogP contribution in [-0.2, 0) is 6.54 Å². The number of rotatable bonds is 4. The topological polar surface area (TPSA) is 38.3 Å². The van der Waals surface area contributed by atoms with E-state index in [1.165, 1.54) is 25.3 Å². The molecule has 0 spiro atoms. The quantitative estimate of drug-likeness (QED) is 0.938. The van der Waals surface area contributed by atoms with Gasteiger partial charge >= 0.3 is 0 Å². The molecule has 0 radical (unpaired) electrons. The highest BCUT2D eigenvalue weighted by molar-refractivity contribution is 6.30. The third-order valence-electron chi connectivity index (χ3n) is 2.79. The number of methoxy groups -OCH3 is 1. The minimum Gasteiger partial charge on any atom is -0.496 e. The Morgan fingerprint density at radius 2 is 1.95 bits per heavy atom. The van der Waals surface area contributed by atoms with Crippen molar-refractivity contribution in [2.75, 3.05) is 7.11 Å². The lowest BCUT2D eigenvalue weighted by molar-refractivity contribution is 0.0950. The van der Waals surface area contributed by atoms with Crippen LogP contribution >= 0.6 is 11.6 Å². The molecule has 2 aromatic carbocycles. The van der Waals surface area contributed by atoms with Gasteiger partial charge in [0, 0.05) is 22.7 Å². The van der Waals surface area contributed by atoms with Gasteiger partial charge in [0.05, 0.1) is 7.11 Å². The molecule has 0 aliphatic rings. The first-order valence-corrected chi connectivity index (χ1v) is 6.34. The molecule has 0 heterocycles. The van der Waals surface area contributed by atoms with Crippen molar-refractivity contribution < 1.29 is 13.9 Å². The molecule has 3 nitrogen and oxygen atoms in total. The van der Waals surface area contributed by atoms with Crippen LogP contribution in [0.5, 0.6) is 5.75 Å². The molecule has 2 aromatic rings. The van der Waals surface area contributed by atoms with Crippen molar-refractivity contribution in [2.24, 2.45) is 0 Å². The highest BCUT2D eigenvalue weighted by Crippen LogP contribution is 2.19. The number of ether oxygens (including phenoxy) is 1. The molecule has 1 N–H and O–H groups in total. The molecule has 104 valence electrons. The van der Waals surface area contributed by atoms with Crippen molar-refractivity contribution in [2.45, 2.75) is 6.54 Å². The van der Waals surface area contributed by atoms with Crippen LogP contribution in [0.15, 0.2) is 42.5 Å². The second kappa shape index (κ2) is 6.39. The molecule has 20 heavy (non-hydrogen) atoms. The van der Waals surface area contributed by atoms with Crippen LogP contribution < -0.4 is 10.1 Å². The van der Waals surface area contributed by atoms with Gasteiger partial charge < -0.3 is 10.1 Å². The van der Waals surface area contributed by atoms with Crippen molar-refractivity contribution in [3.63, 3.8) is 0 Å². The average molecular weight is 294 g/mol. The summed E-state index contributed by atoms with van der Waals surface area (Å²) >= 11 is 5.76. The van der Waals surface area contributed by atoms with Gasteiger partial charge in [-0.05, 0) is 42.5 Å². The summed E-state index contributed by atoms with van der Waals surface area (Å²) in [6.07, 6.45) is 0. The molecule has 0 atom stereocenters. The van der Waals surface area contributed by atoms with Crippen LogP contribution in [0, 0.1) is 5.82 Å². The Labute approximate surface area is 121 Å². The van der Waals surface area contributed by atoms with Crippen molar-refractivity contribution in [3.05, 3.63) is 64.4 Å². The zero-order valence-electron chi connectivity index (χ0n) is 10.8. The molecular weight excluding hydrogens is 281 g/mol. The summed E-state index contributed by atoms with van der Waals surface area (Å²) in [5, 5.41) is 3.27. The number of benzene rings is 2. The predicted octanol–water partition coefficient (Wildman–Crippen LogP) is 3.42. The number of hydrogen-bond donors (Lipinski definition) is 1. The molecule has 0 aliphatic carbocycles. The van der Waals surface area contributed by atoms with E-state index in [-0.39, 0.29) is 18.3 Å². The molecule has 0 fully saturated rings. The van der Waals surface area contributed by atoms with Gasteiger partial charge in [0.15, 0.2) is 0 Å². The van der Waals surface area contributed by atoms with Gasteiger partial charge in [0.1, 0.15) is 11.6 Å². The number of carbonyl (C=O) groups is 1. The third kappa shape index (κ3) is 3.48. The van der Waals surface area contributed by atoms with E-state index in [9.17, 15) is 9.18 Å². The molecule has 0 unspecified atom stereocenters. The molecule has 0 aliphatic heterocycles. The Morgan fingerprint density at radius 3 is 2.60 bits per heavy atom. The summed E-state index contributed by atoms with van der Waals surface area (Å²) in [7, 11) is 1.50. The van der Waals surface area contributed by atoms with Crippen LogP contribution in [0.2, 0.25) is 5.02 Å². The molecular formula is C15H13ClFNO2. The van der Waals surface area contributed by atoms with Gasteiger partial charge in [-0.3, -0.25) is 4.79 Å². The maximum absolute atomic E-state index is 13.2. The van der Waals surface area contributed by atoms with Gasteiger partial charge in [0.2, 0.25) is 0 Å². The number of nitrogens with one attached hydrogen (secondary N) is 1. The van der Waals surface area contributed by atoms with E-state index in [0.717, 1.165) is 0 Å². The normalized spacial score (nSPS) is 10.2. The second-order valence-electron chi connectivity index (χ2n) is 4.15. The fraction of sp³-hybridized carbons (Fsp3) is 0.133. The van der Waals surface area contributed by atoms with Crippen LogP contribution in [0.3, 0.4) is 0 Å². The van der Waals surface area contributed by atoms with Crippen LogP contribution in [-0.4, -0.2) is 13.0 Å². The van der Waals surface area contributed by atoms with E-state index in [1.54, 1.807) is 24.3 Å². The maximum atomic E-state index is 13.2. The Hall–Kier alpha value is -2.07. The molecule has 0 bridgehead atoms. The minimum atomic E-state index is -0.374. The molecule has 0 saturated heterocycles. The van der Waals surface area contributed by atoms with Gasteiger partial charge in [0.25, 0.3) is 5.91 Å². The van der Waals surface area contributed by atoms with E-state index in [1.807, 2.05) is 0 Å². The summed E-state index contributed by atoms with van der Waals surface area (Å²) in [6.45, 7) is 0.183. The Kier molecular flexibility index (Phi) is 4.58. The summed E-state index contributed by atoms with van der Waals surface area (Å²) in [4.78, 5) is 11.9. The first kappa shape index (κ1) is 14.3. The highest BCUT2D eigenvalue weighted by atomic mass is 35.5. The lowest BCUT2D eigenvalue weighted by Gasteiger charge is -2.10. The van der Waals surface area contributed by atoms with Gasteiger partial charge in [-0.15, -0.1) is 0 Å². The molecule has 0 aromatic heterocycles. The van der Waals surface area contributed by atoms with Crippen LogP contribution in [0.4, 0.5) is 4.39 Å². The second-order valence-corrected chi connectivity index (χ2v) is 4.58. The lowest BCUT2D eigenvalue weighted by atomic mass is 10.1. The van der Waals surface area contributed by atoms with Gasteiger partial charge in [-0.25, -0.2) is 4.39 Å². The Balaban J connectivity index is 2.06. The standard InChI is InChI=1S/C15H13ClFNO2/c1-20-14-7-6-13(17)8-11(14)9-18-15(19)10-2-4-12(16)5-3-10/h2-8H,9H2,1H3,(H,18,19). The zero-order chi connectivity index (χ0) is 14.5. The summed E-state index contributed by atoms with van der Waals surface area (Å²) < 4.78 is 18.3. The summed E-state index contributed by atoms with van der Waals surface area (Å²) in [6, 6.07) is 10.7. The SMILES string of the molecule is COc1ccc(F)cc1CNC(=O)c1ccc(Cl)cc1. The van der Waals surface area contributed by atoms with E-state index < -0.39 is 0 Å². The lowest BCUT2D eigenvalue weighted by Crippen LogP contribution is -2.23. The molecule has 1 amide bonds. The minimum absolute atomic E-state index is 0.183. The Bertz CT molecular complexity index is 614. The predicted molar refractivity (Wildman–Crippen MR) is 75.6 cm³/mol. The number of hydrogen-bond acceptors (Lipinski definition) is 2. The first-order valence-electron chi connectivity index (χ1n) is 5.96. The van der Waals surface area contributed by atoms with Crippen molar-refractivity contribution >= 4 is 17.5 Å². The van der Waals surface area contributed by atoms with E-state index in [0.29, 0.717) is 21.9 Å². The van der Waals surface area contributed by atoms with E-state index in [2.05, 4.69) is 5.32 Å². The van der Waals surface area contributed by atoms with Crippen LogP contribution in [0.1, 0.15) is 15.9 Å². The van der Waals surface area contributed by atoms with Crippen molar-refractivity contribution in [1.82, 2.24) is 5.32 Å². The Morgan fingerprint density at radius 1 is 1.25 bits per heavy atom. The summed E-state index contributed by atoms with van der Waals surface area (Å²) in [5.74, 6) is -0.0997. The average Bonchev–Trinajstić information content (AvgIpc) is 2.45. The highest BCUT2D eigenvalue weighted by Gasteiger charge is 2.08. The largest absolute Gasteiger partial charge is 0.496 e. The maximum Gasteiger partial charge on any atom is 0.251 e. The fourth-order valence-corrected chi connectivity index (χ4v) is 1.89. The van der Waals surface area contributed by atoms with E-state index >= 15 is 0 Å². The molecule has 2 rings (SSSR count). The van der Waals surface area contributed by atoms with E-state index in [4.69, 9.17) is 16.3 Å². The monoisotopic (exact) mass is 293 g/mol. The fourth-order valence-electron chi connectivity index (χ4n) is 1.76. The van der Waals surface area contributed by atoms with Crippen LogP contribution in [0.25, 0.3) is 0 Å². The van der Waals surface area contributed by atoms with Gasteiger partial charge in [-0.1, -0.05) is 11.6 Å². The molecule has 0 saturated carbocycles.